The van der Waals surface area contributed by atoms with Crippen molar-refractivity contribution in [2.75, 3.05) is 6.54 Å². The number of nitrogens with zero attached hydrogens (tertiary/aromatic N) is 1. The highest BCUT2D eigenvalue weighted by molar-refractivity contribution is 7.09. The predicted molar refractivity (Wildman–Crippen MR) is 105 cm³/mol. The van der Waals surface area contributed by atoms with Crippen LogP contribution >= 0.6 is 11.3 Å². The Morgan fingerprint density at radius 1 is 1.16 bits per heavy atom. The number of carbonyl (C=O) groups is 1. The zero-order valence-corrected chi connectivity index (χ0v) is 16.9. The summed E-state index contributed by atoms with van der Waals surface area (Å²) in [6.45, 7) is 13.8. The second-order valence-corrected chi connectivity index (χ2v) is 9.04. The number of rotatable bonds is 5. The van der Waals surface area contributed by atoms with Gasteiger partial charge in [-0.1, -0.05) is 64.4 Å². The number of urea groups is 1. The highest BCUT2D eigenvalue weighted by Gasteiger charge is 2.22. The Morgan fingerprint density at radius 2 is 1.88 bits per heavy atom. The van der Waals surface area contributed by atoms with E-state index in [-0.39, 0.29) is 16.9 Å². The van der Waals surface area contributed by atoms with Crippen molar-refractivity contribution >= 4 is 17.4 Å². The minimum absolute atomic E-state index is 0.0447. The van der Waals surface area contributed by atoms with Gasteiger partial charge in [-0.2, -0.15) is 0 Å². The van der Waals surface area contributed by atoms with Gasteiger partial charge in [-0.15, -0.1) is 11.3 Å². The molecule has 2 N–H and O–H groups in total. The van der Waals surface area contributed by atoms with E-state index in [2.05, 4.69) is 81.4 Å². The standard InChI is InChI=1S/C20H29N3OS/c1-14-8-7-9-15(10-14)20(5,6)13-22-18(24)21-11-16-12-25-17(23-16)19(2,3)4/h7-10,12H,11,13H2,1-6H3,(H2,21,22,24). The minimum Gasteiger partial charge on any atom is -0.337 e. The van der Waals surface area contributed by atoms with Crippen LogP contribution in [0.15, 0.2) is 29.6 Å². The molecule has 0 aliphatic heterocycles. The van der Waals surface area contributed by atoms with E-state index in [0.29, 0.717) is 13.1 Å². The molecule has 0 bridgehead atoms. The van der Waals surface area contributed by atoms with Gasteiger partial charge in [0.15, 0.2) is 0 Å². The number of amides is 2. The molecular formula is C20H29N3OS. The van der Waals surface area contributed by atoms with Crippen molar-refractivity contribution in [2.45, 2.75) is 58.9 Å². The fourth-order valence-electron chi connectivity index (χ4n) is 2.44. The summed E-state index contributed by atoms with van der Waals surface area (Å²) in [5, 5.41) is 8.97. The molecule has 0 unspecified atom stereocenters. The molecule has 2 aromatic rings. The molecule has 0 saturated heterocycles. The summed E-state index contributed by atoms with van der Waals surface area (Å²) in [7, 11) is 0. The molecule has 1 aromatic heterocycles. The number of hydrogen-bond acceptors (Lipinski definition) is 3. The van der Waals surface area contributed by atoms with E-state index in [1.807, 2.05) is 5.38 Å². The van der Waals surface area contributed by atoms with E-state index >= 15 is 0 Å². The quantitative estimate of drug-likeness (QED) is 0.824. The summed E-state index contributed by atoms with van der Waals surface area (Å²) < 4.78 is 0. The maximum Gasteiger partial charge on any atom is 0.315 e. The average molecular weight is 360 g/mol. The number of aromatic nitrogens is 1. The number of carbonyl (C=O) groups excluding carboxylic acids is 1. The first kappa shape index (κ1) is 19.4. The molecular weight excluding hydrogens is 330 g/mol. The predicted octanol–water partition coefficient (Wildman–Crippen LogP) is 4.53. The highest BCUT2D eigenvalue weighted by atomic mass is 32.1. The molecule has 0 atom stereocenters. The zero-order valence-electron chi connectivity index (χ0n) is 16.1. The molecule has 1 heterocycles. The lowest BCUT2D eigenvalue weighted by atomic mass is 9.84. The molecule has 0 fully saturated rings. The van der Waals surface area contributed by atoms with Gasteiger partial charge >= 0.3 is 6.03 Å². The fraction of sp³-hybridized carbons (Fsp3) is 0.500. The number of benzene rings is 1. The molecule has 0 saturated carbocycles. The number of nitrogens with one attached hydrogen (secondary N) is 2. The summed E-state index contributed by atoms with van der Waals surface area (Å²) >= 11 is 1.64. The van der Waals surface area contributed by atoms with Gasteiger partial charge in [0.1, 0.15) is 0 Å². The largest absolute Gasteiger partial charge is 0.337 e. The summed E-state index contributed by atoms with van der Waals surface area (Å²) in [4.78, 5) is 16.7. The van der Waals surface area contributed by atoms with Crippen molar-refractivity contribution in [1.82, 2.24) is 15.6 Å². The van der Waals surface area contributed by atoms with Gasteiger partial charge in [-0.3, -0.25) is 0 Å². The van der Waals surface area contributed by atoms with Crippen molar-refractivity contribution in [3.05, 3.63) is 51.5 Å². The second kappa shape index (κ2) is 7.56. The average Bonchev–Trinajstić information content (AvgIpc) is 3.00. The Morgan fingerprint density at radius 3 is 2.48 bits per heavy atom. The molecule has 0 radical (unpaired) electrons. The summed E-state index contributed by atoms with van der Waals surface area (Å²) in [5.41, 5.74) is 3.28. The number of aryl methyl sites for hydroxylation is 1. The van der Waals surface area contributed by atoms with E-state index in [1.54, 1.807) is 11.3 Å². The first-order valence-corrected chi connectivity index (χ1v) is 9.50. The third-order valence-corrected chi connectivity index (χ3v) is 5.43. The van der Waals surface area contributed by atoms with Crippen LogP contribution in [0.3, 0.4) is 0 Å². The lowest BCUT2D eigenvalue weighted by Crippen LogP contribution is -2.42. The van der Waals surface area contributed by atoms with Crippen LogP contribution in [0.4, 0.5) is 4.79 Å². The van der Waals surface area contributed by atoms with Crippen LogP contribution in [0.25, 0.3) is 0 Å². The molecule has 5 heteroatoms. The van der Waals surface area contributed by atoms with Crippen LogP contribution in [-0.2, 0) is 17.4 Å². The Labute approximate surface area is 155 Å². The van der Waals surface area contributed by atoms with Crippen LogP contribution in [0.2, 0.25) is 0 Å². The Hall–Kier alpha value is -1.88. The second-order valence-electron chi connectivity index (χ2n) is 8.18. The first-order chi connectivity index (χ1) is 11.6. The fourth-order valence-corrected chi connectivity index (χ4v) is 3.34. The lowest BCUT2D eigenvalue weighted by molar-refractivity contribution is 0.238. The zero-order chi connectivity index (χ0) is 18.7. The Kier molecular flexibility index (Phi) is 5.88. The van der Waals surface area contributed by atoms with Gasteiger partial charge in [0.05, 0.1) is 17.2 Å². The molecule has 0 spiro atoms. The van der Waals surface area contributed by atoms with Crippen molar-refractivity contribution in [1.29, 1.82) is 0 Å². The Bertz CT molecular complexity index is 729. The monoisotopic (exact) mass is 359 g/mol. The van der Waals surface area contributed by atoms with E-state index in [9.17, 15) is 4.79 Å². The van der Waals surface area contributed by atoms with Crippen molar-refractivity contribution in [2.24, 2.45) is 0 Å². The van der Waals surface area contributed by atoms with E-state index in [0.717, 1.165) is 10.7 Å². The molecule has 2 amide bonds. The van der Waals surface area contributed by atoms with Gasteiger partial charge in [-0.05, 0) is 12.5 Å². The third kappa shape index (κ3) is 5.56. The van der Waals surface area contributed by atoms with Crippen LogP contribution in [0, 0.1) is 6.92 Å². The maximum atomic E-state index is 12.1. The maximum absolute atomic E-state index is 12.1. The summed E-state index contributed by atoms with van der Waals surface area (Å²) in [6, 6.07) is 8.26. The van der Waals surface area contributed by atoms with Crippen LogP contribution in [-0.4, -0.2) is 17.6 Å². The molecule has 2 rings (SSSR count). The molecule has 0 aliphatic carbocycles. The van der Waals surface area contributed by atoms with Gasteiger partial charge in [0.25, 0.3) is 0 Å². The van der Waals surface area contributed by atoms with Gasteiger partial charge in [-0.25, -0.2) is 9.78 Å². The smallest absolute Gasteiger partial charge is 0.315 e. The van der Waals surface area contributed by atoms with Gasteiger partial charge < -0.3 is 10.6 Å². The van der Waals surface area contributed by atoms with Gasteiger partial charge in [0.2, 0.25) is 0 Å². The first-order valence-electron chi connectivity index (χ1n) is 8.62. The normalized spacial score (nSPS) is 12.1. The van der Waals surface area contributed by atoms with E-state index in [4.69, 9.17) is 0 Å². The van der Waals surface area contributed by atoms with Crippen molar-refractivity contribution in [3.8, 4) is 0 Å². The Balaban J connectivity index is 1.85. The highest BCUT2D eigenvalue weighted by Crippen LogP contribution is 2.25. The molecule has 136 valence electrons. The van der Waals surface area contributed by atoms with E-state index in [1.165, 1.54) is 11.1 Å². The number of hydrogen-bond donors (Lipinski definition) is 2. The third-order valence-electron chi connectivity index (χ3n) is 4.11. The van der Waals surface area contributed by atoms with Crippen LogP contribution in [0.5, 0.6) is 0 Å². The minimum atomic E-state index is -0.161. The lowest BCUT2D eigenvalue weighted by Gasteiger charge is -2.26. The molecule has 25 heavy (non-hydrogen) atoms. The van der Waals surface area contributed by atoms with Crippen LogP contribution in [0.1, 0.15) is 56.4 Å². The summed E-state index contributed by atoms with van der Waals surface area (Å²) in [6.07, 6.45) is 0. The van der Waals surface area contributed by atoms with Gasteiger partial charge in [0, 0.05) is 22.8 Å². The van der Waals surface area contributed by atoms with E-state index < -0.39 is 0 Å². The molecule has 1 aromatic carbocycles. The van der Waals surface area contributed by atoms with Crippen molar-refractivity contribution in [3.63, 3.8) is 0 Å². The topological polar surface area (TPSA) is 54.0 Å². The molecule has 0 aliphatic rings. The van der Waals surface area contributed by atoms with Crippen molar-refractivity contribution < 1.29 is 4.79 Å². The summed E-state index contributed by atoms with van der Waals surface area (Å²) in [5.74, 6) is 0. The van der Waals surface area contributed by atoms with Crippen LogP contribution < -0.4 is 10.6 Å². The SMILES string of the molecule is Cc1cccc(C(C)(C)CNC(=O)NCc2csc(C(C)(C)C)n2)c1. The number of thiazole rings is 1. The molecule has 4 nitrogen and oxygen atoms in total.